The zero-order valence-electron chi connectivity index (χ0n) is 12.3. The molecule has 4 nitrogen and oxygen atoms in total. The van der Waals surface area contributed by atoms with Gasteiger partial charge in [0.15, 0.2) is 0 Å². The third-order valence-corrected chi connectivity index (χ3v) is 3.86. The maximum absolute atomic E-state index is 13.4. The first-order chi connectivity index (χ1) is 9.54. The summed E-state index contributed by atoms with van der Waals surface area (Å²) in [5.74, 6) is -0.149. The van der Waals surface area contributed by atoms with Crippen LogP contribution in [0.4, 0.5) is 10.2 Å². The molecule has 1 aromatic rings. The number of nitrogens with zero attached hydrogens (tertiary/aromatic N) is 2. The number of piperidine rings is 1. The van der Waals surface area contributed by atoms with Crippen LogP contribution < -0.4 is 5.32 Å². The molecule has 0 radical (unpaired) electrons. The van der Waals surface area contributed by atoms with Crippen LogP contribution in [0.15, 0.2) is 12.3 Å². The topological polar surface area (TPSA) is 45.2 Å². The fraction of sp³-hybridized carbons (Fsp3) is 0.600. The lowest BCUT2D eigenvalue weighted by Gasteiger charge is -2.39. The van der Waals surface area contributed by atoms with E-state index in [1.54, 1.807) is 0 Å². The van der Waals surface area contributed by atoms with Crippen molar-refractivity contribution in [1.82, 2.24) is 9.88 Å². The molecule has 20 heavy (non-hydrogen) atoms. The van der Waals surface area contributed by atoms with E-state index in [9.17, 15) is 9.18 Å². The molecular weight excluding hydrogens is 257 g/mol. The van der Waals surface area contributed by atoms with Gasteiger partial charge in [-0.05, 0) is 46.1 Å². The van der Waals surface area contributed by atoms with Gasteiger partial charge >= 0.3 is 0 Å². The quantitative estimate of drug-likeness (QED) is 0.925. The van der Waals surface area contributed by atoms with Gasteiger partial charge < -0.3 is 10.2 Å². The molecule has 5 heteroatoms. The van der Waals surface area contributed by atoms with Crippen LogP contribution >= 0.6 is 0 Å². The highest BCUT2D eigenvalue weighted by Crippen LogP contribution is 2.26. The molecule has 0 spiro atoms. The molecule has 1 aromatic heterocycles. The molecule has 1 amide bonds. The number of pyridine rings is 1. The Morgan fingerprint density at radius 1 is 1.45 bits per heavy atom. The summed E-state index contributed by atoms with van der Waals surface area (Å²) in [7, 11) is 0. The molecule has 0 aromatic carbocycles. The summed E-state index contributed by atoms with van der Waals surface area (Å²) in [6.07, 6.45) is 4.26. The van der Waals surface area contributed by atoms with Crippen LogP contribution in [0.2, 0.25) is 0 Å². The number of carbonyl (C=O) groups is 1. The summed E-state index contributed by atoms with van der Waals surface area (Å²) < 4.78 is 13.4. The van der Waals surface area contributed by atoms with Crippen molar-refractivity contribution in [2.75, 3.05) is 11.9 Å². The number of nitrogens with one attached hydrogen (secondary N) is 1. The molecule has 1 aliphatic rings. The van der Waals surface area contributed by atoms with E-state index in [1.165, 1.54) is 6.07 Å². The highest BCUT2D eigenvalue weighted by atomic mass is 19.1. The van der Waals surface area contributed by atoms with E-state index in [1.807, 2.05) is 25.7 Å². The van der Waals surface area contributed by atoms with Gasteiger partial charge in [-0.2, -0.15) is 0 Å². The van der Waals surface area contributed by atoms with E-state index in [2.05, 4.69) is 10.3 Å². The van der Waals surface area contributed by atoms with Crippen molar-refractivity contribution in [3.63, 3.8) is 0 Å². The first-order valence-electron chi connectivity index (χ1n) is 7.26. The average molecular weight is 279 g/mol. The van der Waals surface area contributed by atoms with Crippen molar-refractivity contribution in [1.29, 1.82) is 0 Å². The number of likely N-dealkylation sites (tertiary alicyclic amines) is 1. The van der Waals surface area contributed by atoms with Crippen molar-refractivity contribution in [3.05, 3.63) is 23.6 Å². The molecule has 1 fully saturated rings. The second-order valence-electron chi connectivity index (χ2n) is 5.42. The Kier molecular flexibility index (Phi) is 4.57. The largest absolute Gasteiger partial charge is 0.370 e. The van der Waals surface area contributed by atoms with E-state index < -0.39 is 5.82 Å². The van der Waals surface area contributed by atoms with Crippen molar-refractivity contribution < 1.29 is 9.18 Å². The van der Waals surface area contributed by atoms with Gasteiger partial charge in [-0.15, -0.1) is 0 Å². The smallest absolute Gasteiger partial charge is 0.258 e. The molecule has 110 valence electrons. The Morgan fingerprint density at radius 2 is 2.10 bits per heavy atom. The Bertz CT molecular complexity index is 482. The minimum Gasteiger partial charge on any atom is -0.370 e. The third-order valence-electron chi connectivity index (χ3n) is 3.86. The van der Waals surface area contributed by atoms with Gasteiger partial charge in [-0.25, -0.2) is 9.37 Å². The Labute approximate surface area is 119 Å². The fourth-order valence-electron chi connectivity index (χ4n) is 2.87. The second-order valence-corrected chi connectivity index (χ2v) is 5.42. The number of anilines is 1. The number of amides is 1. The molecule has 2 rings (SSSR count). The summed E-state index contributed by atoms with van der Waals surface area (Å²) in [4.78, 5) is 18.6. The predicted octanol–water partition coefficient (Wildman–Crippen LogP) is 3.06. The maximum atomic E-state index is 13.4. The van der Waals surface area contributed by atoms with E-state index in [-0.39, 0.29) is 18.0 Å². The second kappa shape index (κ2) is 6.20. The lowest BCUT2D eigenvalue weighted by Crippen LogP contribution is -2.47. The first-order valence-corrected chi connectivity index (χ1v) is 7.26. The van der Waals surface area contributed by atoms with Crippen molar-refractivity contribution in [2.45, 2.75) is 52.1 Å². The van der Waals surface area contributed by atoms with Crippen molar-refractivity contribution >= 4 is 11.7 Å². The standard InChI is InChI=1S/C15H22FN3O/c1-4-17-14-13(8-12(16)9-18-14)15(20)19-10(2)6-5-7-11(19)3/h8-11H,4-7H2,1-3H3,(H,17,18). The van der Waals surface area contributed by atoms with Crippen LogP contribution in [0.5, 0.6) is 0 Å². The highest BCUT2D eigenvalue weighted by molar-refractivity contribution is 5.99. The summed E-state index contributed by atoms with van der Waals surface area (Å²) in [6, 6.07) is 1.65. The van der Waals surface area contributed by atoms with Gasteiger partial charge in [0.2, 0.25) is 0 Å². The number of hydrogen-bond acceptors (Lipinski definition) is 3. The number of aromatic nitrogens is 1. The zero-order valence-corrected chi connectivity index (χ0v) is 12.3. The maximum Gasteiger partial charge on any atom is 0.258 e. The number of carbonyl (C=O) groups excluding carboxylic acids is 1. The van der Waals surface area contributed by atoms with Crippen LogP contribution in [-0.2, 0) is 0 Å². The normalized spacial score (nSPS) is 22.7. The number of halogens is 1. The van der Waals surface area contributed by atoms with Gasteiger partial charge in [0.1, 0.15) is 11.6 Å². The molecule has 1 N–H and O–H groups in total. The van der Waals surface area contributed by atoms with E-state index >= 15 is 0 Å². The van der Waals surface area contributed by atoms with Gasteiger partial charge in [-0.1, -0.05) is 0 Å². The summed E-state index contributed by atoms with van der Waals surface area (Å²) in [6.45, 7) is 6.66. The monoisotopic (exact) mass is 279 g/mol. The summed E-state index contributed by atoms with van der Waals surface area (Å²) in [5, 5.41) is 3.03. The van der Waals surface area contributed by atoms with Crippen LogP contribution in [0.25, 0.3) is 0 Å². The Morgan fingerprint density at radius 3 is 2.70 bits per heavy atom. The third kappa shape index (κ3) is 2.92. The molecule has 0 bridgehead atoms. The van der Waals surface area contributed by atoms with Crippen LogP contribution in [0, 0.1) is 5.82 Å². The van der Waals surface area contributed by atoms with E-state index in [0.29, 0.717) is 17.9 Å². The molecule has 0 aliphatic carbocycles. The van der Waals surface area contributed by atoms with E-state index in [0.717, 1.165) is 25.5 Å². The molecule has 2 heterocycles. The molecule has 0 saturated carbocycles. The summed E-state index contributed by atoms with van der Waals surface area (Å²) >= 11 is 0. The lowest BCUT2D eigenvalue weighted by molar-refractivity contribution is 0.0511. The molecule has 2 unspecified atom stereocenters. The van der Waals surface area contributed by atoms with Crippen LogP contribution in [0.1, 0.15) is 50.4 Å². The van der Waals surface area contributed by atoms with Crippen molar-refractivity contribution in [2.24, 2.45) is 0 Å². The molecule has 2 atom stereocenters. The molecule has 1 saturated heterocycles. The molecular formula is C15H22FN3O. The van der Waals surface area contributed by atoms with Gasteiger partial charge in [0, 0.05) is 18.6 Å². The highest BCUT2D eigenvalue weighted by Gasteiger charge is 2.31. The van der Waals surface area contributed by atoms with Crippen LogP contribution in [0.3, 0.4) is 0 Å². The fourth-order valence-corrected chi connectivity index (χ4v) is 2.87. The number of rotatable bonds is 3. The van der Waals surface area contributed by atoms with Gasteiger partial charge in [-0.3, -0.25) is 4.79 Å². The SMILES string of the molecule is CCNc1ncc(F)cc1C(=O)N1C(C)CCCC1C. The minimum atomic E-state index is -0.479. The number of hydrogen-bond donors (Lipinski definition) is 1. The first kappa shape index (κ1) is 14.8. The lowest BCUT2D eigenvalue weighted by atomic mass is 9.96. The molecule has 1 aliphatic heterocycles. The van der Waals surface area contributed by atoms with Crippen molar-refractivity contribution in [3.8, 4) is 0 Å². The minimum absolute atomic E-state index is 0.132. The Hall–Kier alpha value is -1.65. The van der Waals surface area contributed by atoms with E-state index in [4.69, 9.17) is 0 Å². The van der Waals surface area contributed by atoms with Gasteiger partial charge in [0.05, 0.1) is 11.8 Å². The average Bonchev–Trinajstić information content (AvgIpc) is 2.40. The summed E-state index contributed by atoms with van der Waals surface area (Å²) in [5.41, 5.74) is 0.326. The van der Waals surface area contributed by atoms with Crippen LogP contribution in [-0.4, -0.2) is 34.4 Å². The predicted molar refractivity (Wildman–Crippen MR) is 77.3 cm³/mol. The Balaban J connectivity index is 2.34. The zero-order chi connectivity index (χ0) is 14.7. The van der Waals surface area contributed by atoms with Gasteiger partial charge in [0.25, 0.3) is 5.91 Å².